The Kier molecular flexibility index (Phi) is 5.91. The molecule has 0 saturated heterocycles. The smallest absolute Gasteiger partial charge is 0.405 e. The zero-order valence-corrected chi connectivity index (χ0v) is 12.3. The van der Waals surface area contributed by atoms with Crippen molar-refractivity contribution >= 4 is 29.2 Å². The Morgan fingerprint density at radius 1 is 1.43 bits per heavy atom. The van der Waals surface area contributed by atoms with E-state index in [2.05, 4.69) is 4.74 Å². The molecule has 126 valence electrons. The molecule has 1 rings (SSSR count). The van der Waals surface area contributed by atoms with Crippen LogP contribution in [0.5, 0.6) is 0 Å². The van der Waals surface area contributed by atoms with Crippen LogP contribution < -0.4 is 5.32 Å². The largest absolute Gasteiger partial charge is 0.449 e. The number of amides is 1. The molecule has 0 fully saturated rings. The molecule has 0 heterocycles. The van der Waals surface area contributed by atoms with Crippen LogP contribution in [0.2, 0.25) is 5.02 Å². The van der Waals surface area contributed by atoms with Gasteiger partial charge >= 0.3 is 12.1 Å². The molecule has 1 atom stereocenters. The first-order valence-corrected chi connectivity index (χ1v) is 6.38. The highest BCUT2D eigenvalue weighted by Crippen LogP contribution is 2.24. The average Bonchev–Trinajstić information content (AvgIpc) is 2.43. The number of hydrogen-bond donors (Lipinski definition) is 1. The minimum absolute atomic E-state index is 0.00391. The van der Waals surface area contributed by atoms with Gasteiger partial charge in [-0.1, -0.05) is 11.6 Å². The van der Waals surface area contributed by atoms with Crippen LogP contribution >= 0.6 is 11.6 Å². The van der Waals surface area contributed by atoms with Gasteiger partial charge in [0.15, 0.2) is 6.10 Å². The fourth-order valence-electron chi connectivity index (χ4n) is 1.44. The summed E-state index contributed by atoms with van der Waals surface area (Å²) in [5, 5.41) is 12.4. The Bertz CT molecular complexity index is 636. The van der Waals surface area contributed by atoms with Crippen molar-refractivity contribution in [3.8, 4) is 0 Å². The molecule has 23 heavy (non-hydrogen) atoms. The first kappa shape index (κ1) is 18.7. The van der Waals surface area contributed by atoms with Crippen molar-refractivity contribution in [1.29, 1.82) is 0 Å². The maximum atomic E-state index is 12.0. The number of alkyl halides is 3. The van der Waals surface area contributed by atoms with E-state index in [0.717, 1.165) is 19.1 Å². The summed E-state index contributed by atoms with van der Waals surface area (Å²) in [4.78, 5) is 33.2. The quantitative estimate of drug-likeness (QED) is 0.497. The minimum atomic E-state index is -4.62. The molecule has 1 aromatic rings. The predicted molar refractivity (Wildman–Crippen MR) is 72.0 cm³/mol. The molecule has 0 aliphatic rings. The third kappa shape index (κ3) is 5.74. The van der Waals surface area contributed by atoms with Gasteiger partial charge in [-0.2, -0.15) is 13.2 Å². The van der Waals surface area contributed by atoms with Crippen molar-refractivity contribution in [2.45, 2.75) is 19.2 Å². The van der Waals surface area contributed by atoms with Crippen LogP contribution in [0.1, 0.15) is 17.3 Å². The van der Waals surface area contributed by atoms with E-state index < -0.39 is 46.9 Å². The summed E-state index contributed by atoms with van der Waals surface area (Å²) in [5.74, 6) is -2.42. The molecule has 0 aliphatic carbocycles. The van der Waals surface area contributed by atoms with E-state index in [-0.39, 0.29) is 5.02 Å². The maximum absolute atomic E-state index is 12.0. The molecule has 0 saturated carbocycles. The van der Waals surface area contributed by atoms with Gasteiger partial charge in [-0.3, -0.25) is 14.9 Å². The maximum Gasteiger partial charge on any atom is 0.405 e. The lowest BCUT2D eigenvalue weighted by atomic mass is 10.2. The summed E-state index contributed by atoms with van der Waals surface area (Å²) >= 11 is 5.58. The SMILES string of the molecule is C[C@@H](OC(=O)c1ccc(Cl)cc1[N+](=O)[O-])C(=O)NCC(F)(F)F. The molecule has 1 aromatic carbocycles. The first-order chi connectivity index (χ1) is 10.5. The summed E-state index contributed by atoms with van der Waals surface area (Å²) < 4.78 is 40.6. The van der Waals surface area contributed by atoms with Gasteiger partial charge in [0.2, 0.25) is 0 Å². The molecule has 1 N–H and O–H groups in total. The number of carbonyl (C=O) groups excluding carboxylic acids is 2. The van der Waals surface area contributed by atoms with E-state index >= 15 is 0 Å². The number of halogens is 4. The van der Waals surface area contributed by atoms with Crippen LogP contribution in [0.15, 0.2) is 18.2 Å². The number of carbonyl (C=O) groups is 2. The Hall–Kier alpha value is -2.36. The van der Waals surface area contributed by atoms with Gasteiger partial charge in [-0.25, -0.2) is 4.79 Å². The topological polar surface area (TPSA) is 98.5 Å². The van der Waals surface area contributed by atoms with E-state index in [9.17, 15) is 32.9 Å². The zero-order chi connectivity index (χ0) is 17.8. The molecule has 0 spiro atoms. The van der Waals surface area contributed by atoms with E-state index in [4.69, 9.17) is 11.6 Å². The lowest BCUT2D eigenvalue weighted by Crippen LogP contribution is -2.40. The number of esters is 1. The van der Waals surface area contributed by atoms with Crippen molar-refractivity contribution in [2.75, 3.05) is 6.54 Å². The highest BCUT2D eigenvalue weighted by atomic mass is 35.5. The lowest BCUT2D eigenvalue weighted by Gasteiger charge is -2.14. The minimum Gasteiger partial charge on any atom is -0.449 e. The average molecular weight is 355 g/mol. The second-order valence-corrected chi connectivity index (χ2v) is 4.74. The van der Waals surface area contributed by atoms with Gasteiger partial charge in [-0.05, 0) is 19.1 Å². The number of rotatable bonds is 5. The highest BCUT2D eigenvalue weighted by Gasteiger charge is 2.30. The lowest BCUT2D eigenvalue weighted by molar-refractivity contribution is -0.385. The van der Waals surface area contributed by atoms with Crippen LogP contribution in [-0.2, 0) is 9.53 Å². The molecule has 0 aromatic heterocycles. The number of nitro groups is 1. The van der Waals surface area contributed by atoms with Crippen LogP contribution in [0.3, 0.4) is 0 Å². The Morgan fingerprint density at radius 3 is 2.57 bits per heavy atom. The molecule has 7 nitrogen and oxygen atoms in total. The van der Waals surface area contributed by atoms with Gasteiger partial charge in [0.1, 0.15) is 12.1 Å². The van der Waals surface area contributed by atoms with E-state index in [1.165, 1.54) is 11.4 Å². The molecular formula is C12H10ClF3N2O5. The molecule has 0 radical (unpaired) electrons. The van der Waals surface area contributed by atoms with Gasteiger partial charge in [0, 0.05) is 11.1 Å². The Balaban J connectivity index is 2.80. The summed E-state index contributed by atoms with van der Waals surface area (Å²) in [5.41, 5.74) is -1.12. The van der Waals surface area contributed by atoms with Crippen LogP contribution in [0, 0.1) is 10.1 Å². The third-order valence-electron chi connectivity index (χ3n) is 2.49. The monoisotopic (exact) mass is 354 g/mol. The van der Waals surface area contributed by atoms with Crippen LogP contribution in [0.25, 0.3) is 0 Å². The summed E-state index contributed by atoms with van der Waals surface area (Å²) in [6, 6.07) is 3.12. The number of nitrogens with zero attached hydrogens (tertiary/aromatic N) is 1. The third-order valence-corrected chi connectivity index (χ3v) is 2.73. The van der Waals surface area contributed by atoms with E-state index in [1.54, 1.807) is 0 Å². The van der Waals surface area contributed by atoms with Gasteiger partial charge < -0.3 is 10.1 Å². The first-order valence-electron chi connectivity index (χ1n) is 6.00. The molecular weight excluding hydrogens is 345 g/mol. The second-order valence-electron chi connectivity index (χ2n) is 4.30. The van der Waals surface area contributed by atoms with Crippen molar-refractivity contribution in [3.05, 3.63) is 38.9 Å². The van der Waals surface area contributed by atoms with Crippen LogP contribution in [0.4, 0.5) is 18.9 Å². The van der Waals surface area contributed by atoms with Crippen molar-refractivity contribution < 1.29 is 32.4 Å². The fourth-order valence-corrected chi connectivity index (χ4v) is 1.60. The number of nitrogens with one attached hydrogen (secondary N) is 1. The fraction of sp³-hybridized carbons (Fsp3) is 0.333. The molecule has 0 unspecified atom stereocenters. The number of benzene rings is 1. The van der Waals surface area contributed by atoms with Crippen molar-refractivity contribution in [3.63, 3.8) is 0 Å². The number of nitro benzene ring substituents is 1. The van der Waals surface area contributed by atoms with Crippen molar-refractivity contribution in [2.24, 2.45) is 0 Å². The summed E-state index contributed by atoms with van der Waals surface area (Å²) in [6.45, 7) is -0.555. The van der Waals surface area contributed by atoms with E-state index in [1.807, 2.05) is 0 Å². The van der Waals surface area contributed by atoms with Gasteiger partial charge in [0.25, 0.3) is 11.6 Å². The highest BCUT2D eigenvalue weighted by molar-refractivity contribution is 6.31. The Morgan fingerprint density at radius 2 is 2.04 bits per heavy atom. The number of ether oxygens (including phenoxy) is 1. The number of hydrogen-bond acceptors (Lipinski definition) is 5. The molecule has 1 amide bonds. The second kappa shape index (κ2) is 7.27. The van der Waals surface area contributed by atoms with Gasteiger partial charge in [-0.15, -0.1) is 0 Å². The van der Waals surface area contributed by atoms with Gasteiger partial charge in [0.05, 0.1) is 4.92 Å². The Labute approximate surface area is 132 Å². The summed E-state index contributed by atoms with van der Waals surface area (Å²) in [7, 11) is 0. The van der Waals surface area contributed by atoms with E-state index in [0.29, 0.717) is 0 Å². The molecule has 0 bridgehead atoms. The molecule has 0 aliphatic heterocycles. The van der Waals surface area contributed by atoms with Crippen LogP contribution in [-0.4, -0.2) is 35.6 Å². The zero-order valence-electron chi connectivity index (χ0n) is 11.5. The normalized spacial score (nSPS) is 12.4. The standard InChI is InChI=1S/C12H10ClF3N2O5/c1-6(10(19)17-5-12(14,15)16)23-11(20)8-3-2-7(13)4-9(8)18(21)22/h2-4,6H,5H2,1H3,(H,17,19)/t6-/m1/s1. The van der Waals surface area contributed by atoms with Crippen molar-refractivity contribution in [1.82, 2.24) is 5.32 Å². The summed E-state index contributed by atoms with van der Waals surface area (Å²) in [6.07, 6.45) is -6.19. The molecule has 11 heteroatoms. The predicted octanol–water partition coefficient (Wildman–Crippen LogP) is 2.47.